The quantitative estimate of drug-likeness (QED) is 0.576. The molecular formula is C9H18O2. The maximum atomic E-state index is 9.17. The summed E-state index contributed by atoms with van der Waals surface area (Å²) in [6.45, 7) is 4.99. The van der Waals surface area contributed by atoms with Crippen molar-refractivity contribution in [3.63, 3.8) is 0 Å². The minimum absolute atomic E-state index is 0.597. The van der Waals surface area contributed by atoms with Crippen LogP contribution in [0.4, 0.5) is 0 Å². The number of hydrogen-bond donors (Lipinski definition) is 0. The molecule has 1 fully saturated rings. The van der Waals surface area contributed by atoms with Crippen molar-refractivity contribution in [2.24, 2.45) is 0 Å². The van der Waals surface area contributed by atoms with Crippen LogP contribution in [0.1, 0.15) is 39.5 Å². The van der Waals surface area contributed by atoms with E-state index in [9.17, 15) is 4.79 Å². The van der Waals surface area contributed by atoms with Gasteiger partial charge in [-0.05, 0) is 19.3 Å². The third-order valence-electron chi connectivity index (χ3n) is 1.65. The SMILES string of the molecule is CCC1CCCO1.CCC=O. The molecule has 0 bridgehead atoms. The molecule has 0 aromatic rings. The Kier molecular flexibility index (Phi) is 7.47. The van der Waals surface area contributed by atoms with Crippen molar-refractivity contribution < 1.29 is 9.53 Å². The van der Waals surface area contributed by atoms with Crippen LogP contribution in [0.5, 0.6) is 0 Å². The molecule has 1 atom stereocenters. The molecule has 0 N–H and O–H groups in total. The van der Waals surface area contributed by atoms with E-state index in [0.717, 1.165) is 12.9 Å². The van der Waals surface area contributed by atoms with Crippen molar-refractivity contribution in [3.8, 4) is 0 Å². The highest BCUT2D eigenvalue weighted by Crippen LogP contribution is 2.13. The van der Waals surface area contributed by atoms with Gasteiger partial charge in [-0.1, -0.05) is 13.8 Å². The van der Waals surface area contributed by atoms with Gasteiger partial charge in [-0.3, -0.25) is 0 Å². The minimum atomic E-state index is 0.597. The van der Waals surface area contributed by atoms with E-state index in [2.05, 4.69) is 6.92 Å². The number of hydrogen-bond acceptors (Lipinski definition) is 2. The molecule has 0 aromatic heterocycles. The van der Waals surface area contributed by atoms with Crippen LogP contribution in [0.25, 0.3) is 0 Å². The second kappa shape index (κ2) is 7.73. The molecule has 2 heteroatoms. The van der Waals surface area contributed by atoms with E-state index in [4.69, 9.17) is 4.74 Å². The summed E-state index contributed by atoms with van der Waals surface area (Å²) in [6.07, 6.45) is 5.87. The normalized spacial score (nSPS) is 22.2. The number of rotatable bonds is 2. The van der Waals surface area contributed by atoms with E-state index in [0.29, 0.717) is 12.5 Å². The fraction of sp³-hybridized carbons (Fsp3) is 0.889. The summed E-state index contributed by atoms with van der Waals surface area (Å²) < 4.78 is 5.30. The average Bonchev–Trinajstić information content (AvgIpc) is 2.56. The van der Waals surface area contributed by atoms with E-state index in [1.165, 1.54) is 19.3 Å². The van der Waals surface area contributed by atoms with Crippen molar-refractivity contribution in [1.82, 2.24) is 0 Å². The smallest absolute Gasteiger partial charge is 0.119 e. The molecule has 66 valence electrons. The van der Waals surface area contributed by atoms with Gasteiger partial charge >= 0.3 is 0 Å². The Morgan fingerprint density at radius 2 is 2.18 bits per heavy atom. The predicted octanol–water partition coefficient (Wildman–Crippen LogP) is 2.17. The molecule has 0 aliphatic carbocycles. The zero-order valence-corrected chi connectivity index (χ0v) is 7.51. The number of carbonyl (C=O) groups excluding carboxylic acids is 1. The Balaban J connectivity index is 0.000000218. The van der Waals surface area contributed by atoms with E-state index >= 15 is 0 Å². The highest BCUT2D eigenvalue weighted by atomic mass is 16.5. The summed E-state index contributed by atoms with van der Waals surface area (Å²) in [6, 6.07) is 0. The Hall–Kier alpha value is -0.370. The van der Waals surface area contributed by atoms with Gasteiger partial charge in [0.1, 0.15) is 6.29 Å². The summed E-state index contributed by atoms with van der Waals surface area (Å²) in [5.74, 6) is 0. The molecule has 11 heavy (non-hydrogen) atoms. The first kappa shape index (κ1) is 10.6. The topological polar surface area (TPSA) is 26.3 Å². The summed E-state index contributed by atoms with van der Waals surface area (Å²) in [4.78, 5) is 9.17. The lowest BCUT2D eigenvalue weighted by atomic mass is 10.2. The monoisotopic (exact) mass is 158 g/mol. The molecule has 1 heterocycles. The van der Waals surface area contributed by atoms with Crippen LogP contribution in [0.15, 0.2) is 0 Å². The first-order chi connectivity index (χ1) is 5.35. The molecule has 1 unspecified atom stereocenters. The van der Waals surface area contributed by atoms with Gasteiger partial charge in [0, 0.05) is 13.0 Å². The Bertz CT molecular complexity index is 85.6. The zero-order valence-electron chi connectivity index (χ0n) is 7.51. The molecule has 1 saturated heterocycles. The van der Waals surface area contributed by atoms with Gasteiger partial charge in [0.2, 0.25) is 0 Å². The van der Waals surface area contributed by atoms with Crippen LogP contribution >= 0.6 is 0 Å². The fourth-order valence-corrected chi connectivity index (χ4v) is 0.966. The first-order valence-electron chi connectivity index (χ1n) is 4.40. The van der Waals surface area contributed by atoms with Gasteiger partial charge in [0.25, 0.3) is 0 Å². The maximum absolute atomic E-state index is 9.17. The lowest BCUT2D eigenvalue weighted by Gasteiger charge is -2.01. The average molecular weight is 158 g/mol. The number of aldehydes is 1. The molecule has 1 aliphatic heterocycles. The van der Waals surface area contributed by atoms with E-state index < -0.39 is 0 Å². The van der Waals surface area contributed by atoms with Gasteiger partial charge in [-0.25, -0.2) is 0 Å². The molecule has 0 aromatic carbocycles. The van der Waals surface area contributed by atoms with Crippen molar-refractivity contribution in [2.75, 3.05) is 6.61 Å². The van der Waals surface area contributed by atoms with Crippen LogP contribution in [0.3, 0.4) is 0 Å². The van der Waals surface area contributed by atoms with Crippen molar-refractivity contribution >= 4 is 6.29 Å². The first-order valence-corrected chi connectivity index (χ1v) is 4.40. The van der Waals surface area contributed by atoms with Gasteiger partial charge in [0.05, 0.1) is 6.10 Å². The molecule has 2 nitrogen and oxygen atoms in total. The summed E-state index contributed by atoms with van der Waals surface area (Å²) in [5, 5.41) is 0. The standard InChI is InChI=1S/C6H12O.C3H6O/c1-2-6-4-3-5-7-6;1-2-3-4/h6H,2-5H2,1H3;3H,2H2,1H3. The summed E-state index contributed by atoms with van der Waals surface area (Å²) in [7, 11) is 0. The van der Waals surface area contributed by atoms with Crippen LogP contribution in [0.2, 0.25) is 0 Å². The lowest BCUT2D eigenvalue weighted by Crippen LogP contribution is -2.00. The third-order valence-corrected chi connectivity index (χ3v) is 1.65. The molecule has 1 aliphatic rings. The molecule has 0 radical (unpaired) electrons. The van der Waals surface area contributed by atoms with Crippen LogP contribution in [0, 0.1) is 0 Å². The van der Waals surface area contributed by atoms with Crippen LogP contribution in [-0.2, 0) is 9.53 Å². The highest BCUT2D eigenvalue weighted by molar-refractivity contribution is 5.48. The van der Waals surface area contributed by atoms with E-state index in [1.54, 1.807) is 0 Å². The van der Waals surface area contributed by atoms with E-state index in [1.807, 2.05) is 6.92 Å². The van der Waals surface area contributed by atoms with Crippen LogP contribution in [-0.4, -0.2) is 19.0 Å². The van der Waals surface area contributed by atoms with Crippen molar-refractivity contribution in [2.45, 2.75) is 45.6 Å². The van der Waals surface area contributed by atoms with Gasteiger partial charge in [-0.15, -0.1) is 0 Å². The largest absolute Gasteiger partial charge is 0.378 e. The molecular weight excluding hydrogens is 140 g/mol. The number of ether oxygens (including phenoxy) is 1. The zero-order chi connectivity index (χ0) is 8.53. The maximum Gasteiger partial charge on any atom is 0.119 e. The Morgan fingerprint density at radius 1 is 1.55 bits per heavy atom. The Labute approximate surface area is 68.9 Å². The van der Waals surface area contributed by atoms with Crippen molar-refractivity contribution in [1.29, 1.82) is 0 Å². The summed E-state index contributed by atoms with van der Waals surface area (Å²) in [5.41, 5.74) is 0. The minimum Gasteiger partial charge on any atom is -0.378 e. The molecule has 0 saturated carbocycles. The van der Waals surface area contributed by atoms with Crippen molar-refractivity contribution in [3.05, 3.63) is 0 Å². The predicted molar refractivity (Wildman–Crippen MR) is 45.6 cm³/mol. The second-order valence-corrected chi connectivity index (χ2v) is 2.62. The molecule has 0 spiro atoms. The number of carbonyl (C=O) groups is 1. The van der Waals surface area contributed by atoms with Crippen LogP contribution < -0.4 is 0 Å². The van der Waals surface area contributed by atoms with Gasteiger partial charge < -0.3 is 9.53 Å². The highest BCUT2D eigenvalue weighted by Gasteiger charge is 2.11. The summed E-state index contributed by atoms with van der Waals surface area (Å²) >= 11 is 0. The molecule has 0 amide bonds. The second-order valence-electron chi connectivity index (χ2n) is 2.62. The third kappa shape index (κ3) is 6.05. The van der Waals surface area contributed by atoms with E-state index in [-0.39, 0.29) is 0 Å². The van der Waals surface area contributed by atoms with Gasteiger partial charge in [-0.2, -0.15) is 0 Å². The molecule has 1 rings (SSSR count). The fourth-order valence-electron chi connectivity index (χ4n) is 0.966. The Morgan fingerprint density at radius 3 is 2.36 bits per heavy atom. The lowest BCUT2D eigenvalue weighted by molar-refractivity contribution is -0.107. The van der Waals surface area contributed by atoms with Gasteiger partial charge in [0.15, 0.2) is 0 Å².